The molecule has 1 heterocycles. The van der Waals surface area contributed by atoms with Crippen LogP contribution in [0.1, 0.15) is 24.0 Å². The van der Waals surface area contributed by atoms with E-state index in [4.69, 9.17) is 9.47 Å². The van der Waals surface area contributed by atoms with Crippen molar-refractivity contribution in [2.45, 2.75) is 31.2 Å². The highest BCUT2D eigenvalue weighted by Crippen LogP contribution is 2.46. The number of methoxy groups -OCH3 is 1. The van der Waals surface area contributed by atoms with Crippen molar-refractivity contribution in [2.75, 3.05) is 7.11 Å². The molecule has 0 unspecified atom stereocenters. The van der Waals surface area contributed by atoms with Crippen LogP contribution in [0.25, 0.3) is 0 Å². The number of nitrogens with zero attached hydrogens (tertiary/aromatic N) is 1. The average Bonchev–Trinajstić information content (AvgIpc) is 2.47. The zero-order chi connectivity index (χ0) is 14.7. The lowest BCUT2D eigenvalue weighted by molar-refractivity contribution is -0.167. The van der Waals surface area contributed by atoms with Gasteiger partial charge in [0.15, 0.2) is 0 Å². The van der Waals surface area contributed by atoms with Crippen LogP contribution in [0.3, 0.4) is 0 Å². The fraction of sp³-hybridized carbons (Fsp3) is 0.353. The first-order chi connectivity index (χ1) is 10.2. The molecule has 0 aliphatic heterocycles. The van der Waals surface area contributed by atoms with Crippen molar-refractivity contribution < 1.29 is 13.9 Å². The van der Waals surface area contributed by atoms with Crippen molar-refractivity contribution in [1.29, 1.82) is 0 Å². The van der Waals surface area contributed by atoms with Gasteiger partial charge < -0.3 is 9.47 Å². The van der Waals surface area contributed by atoms with Crippen molar-refractivity contribution in [3.63, 3.8) is 0 Å². The van der Waals surface area contributed by atoms with E-state index in [1.807, 2.05) is 30.3 Å². The summed E-state index contributed by atoms with van der Waals surface area (Å²) in [5.41, 5.74) is 1.55. The molecule has 1 aliphatic rings. The van der Waals surface area contributed by atoms with Gasteiger partial charge in [0.2, 0.25) is 5.95 Å². The van der Waals surface area contributed by atoms with Crippen LogP contribution in [0, 0.1) is 5.95 Å². The monoisotopic (exact) mass is 287 g/mol. The summed E-state index contributed by atoms with van der Waals surface area (Å²) in [6, 6.07) is 13.3. The van der Waals surface area contributed by atoms with Gasteiger partial charge in [0, 0.05) is 26.1 Å². The van der Waals surface area contributed by atoms with Crippen LogP contribution >= 0.6 is 0 Å². The fourth-order valence-corrected chi connectivity index (χ4v) is 2.79. The van der Waals surface area contributed by atoms with E-state index < -0.39 is 11.5 Å². The Balaban J connectivity index is 1.60. The Morgan fingerprint density at radius 2 is 2.00 bits per heavy atom. The minimum Gasteiger partial charge on any atom is -0.373 e. The summed E-state index contributed by atoms with van der Waals surface area (Å²) in [5, 5.41) is 0. The number of hydrogen-bond donors (Lipinski definition) is 0. The molecule has 4 heteroatoms. The lowest BCUT2D eigenvalue weighted by Crippen LogP contribution is -2.47. The summed E-state index contributed by atoms with van der Waals surface area (Å²) in [4.78, 5) is 3.59. The predicted molar refractivity (Wildman–Crippen MR) is 77.1 cm³/mol. The summed E-state index contributed by atoms with van der Waals surface area (Å²) in [6.45, 7) is 0.593. The number of ether oxygens (including phenoxy) is 2. The highest BCUT2D eigenvalue weighted by Gasteiger charge is 2.47. The fourth-order valence-electron chi connectivity index (χ4n) is 2.79. The smallest absolute Gasteiger partial charge is 0.213 e. The predicted octanol–water partition coefficient (Wildman–Crippen LogP) is 3.44. The topological polar surface area (TPSA) is 31.4 Å². The molecule has 110 valence electrons. The van der Waals surface area contributed by atoms with E-state index >= 15 is 0 Å². The standard InChI is InChI=1S/C17H18FNO2/c1-20-17(14-7-8-19-16(18)9-14)10-15(11-17)21-12-13-5-3-2-4-6-13/h2-9,15H,10-12H2,1H3. The molecular weight excluding hydrogens is 269 g/mol. The van der Waals surface area contributed by atoms with E-state index in [1.165, 1.54) is 12.3 Å². The Bertz CT molecular complexity index is 597. The number of benzene rings is 1. The second-order valence-corrected chi connectivity index (χ2v) is 5.39. The van der Waals surface area contributed by atoms with Crippen LogP contribution < -0.4 is 0 Å². The molecule has 1 aliphatic carbocycles. The number of halogens is 1. The number of hydrogen-bond acceptors (Lipinski definition) is 3. The Morgan fingerprint density at radius 1 is 1.24 bits per heavy atom. The Labute approximate surface area is 123 Å². The minimum absolute atomic E-state index is 0.140. The zero-order valence-corrected chi connectivity index (χ0v) is 12.0. The quantitative estimate of drug-likeness (QED) is 0.789. The molecule has 1 aromatic carbocycles. The maximum Gasteiger partial charge on any atom is 0.213 e. The van der Waals surface area contributed by atoms with Gasteiger partial charge in [-0.3, -0.25) is 0 Å². The largest absolute Gasteiger partial charge is 0.373 e. The summed E-state index contributed by atoms with van der Waals surface area (Å²) in [5.74, 6) is -0.474. The normalized spacial score (nSPS) is 24.6. The minimum atomic E-state index is -0.474. The number of aromatic nitrogens is 1. The van der Waals surface area contributed by atoms with E-state index in [2.05, 4.69) is 4.98 Å². The summed E-state index contributed by atoms with van der Waals surface area (Å²) >= 11 is 0. The molecule has 0 atom stereocenters. The van der Waals surface area contributed by atoms with Gasteiger partial charge in [-0.15, -0.1) is 0 Å². The molecule has 0 amide bonds. The van der Waals surface area contributed by atoms with Crippen LogP contribution in [0.2, 0.25) is 0 Å². The van der Waals surface area contributed by atoms with Crippen LogP contribution in [0.4, 0.5) is 4.39 Å². The van der Waals surface area contributed by atoms with Crippen molar-refractivity contribution in [3.05, 3.63) is 65.7 Å². The van der Waals surface area contributed by atoms with Gasteiger partial charge in [-0.05, 0) is 23.3 Å². The van der Waals surface area contributed by atoms with Gasteiger partial charge >= 0.3 is 0 Å². The molecule has 3 nitrogen and oxygen atoms in total. The SMILES string of the molecule is COC1(c2ccnc(F)c2)CC(OCc2ccccc2)C1. The highest BCUT2D eigenvalue weighted by molar-refractivity contribution is 5.24. The van der Waals surface area contributed by atoms with Gasteiger partial charge in [0.05, 0.1) is 18.3 Å². The Kier molecular flexibility index (Phi) is 3.99. The molecule has 2 aromatic rings. The first-order valence-electron chi connectivity index (χ1n) is 7.04. The molecule has 1 fully saturated rings. The maximum atomic E-state index is 13.3. The average molecular weight is 287 g/mol. The summed E-state index contributed by atoms with van der Waals surface area (Å²) in [6.07, 6.45) is 3.09. The van der Waals surface area contributed by atoms with Crippen molar-refractivity contribution >= 4 is 0 Å². The second kappa shape index (κ2) is 5.92. The van der Waals surface area contributed by atoms with Crippen molar-refractivity contribution in [1.82, 2.24) is 4.98 Å². The number of rotatable bonds is 5. The molecular formula is C17H18FNO2. The molecule has 0 N–H and O–H groups in total. The van der Waals surface area contributed by atoms with E-state index in [-0.39, 0.29) is 6.10 Å². The lowest BCUT2D eigenvalue weighted by atomic mass is 9.72. The molecule has 1 saturated carbocycles. The maximum absolute atomic E-state index is 13.3. The van der Waals surface area contributed by atoms with Crippen LogP contribution in [0.5, 0.6) is 0 Å². The van der Waals surface area contributed by atoms with E-state index in [1.54, 1.807) is 13.2 Å². The van der Waals surface area contributed by atoms with Crippen LogP contribution in [-0.4, -0.2) is 18.2 Å². The van der Waals surface area contributed by atoms with Gasteiger partial charge in [0.1, 0.15) is 0 Å². The van der Waals surface area contributed by atoms with Crippen molar-refractivity contribution in [3.8, 4) is 0 Å². The summed E-state index contributed by atoms with van der Waals surface area (Å²) in [7, 11) is 1.66. The van der Waals surface area contributed by atoms with E-state index in [9.17, 15) is 4.39 Å². The molecule has 0 spiro atoms. The first kappa shape index (κ1) is 14.2. The van der Waals surface area contributed by atoms with E-state index in [0.29, 0.717) is 6.61 Å². The summed E-state index contributed by atoms with van der Waals surface area (Å²) < 4.78 is 24.8. The van der Waals surface area contributed by atoms with Crippen molar-refractivity contribution in [2.24, 2.45) is 0 Å². The third-order valence-electron chi connectivity index (χ3n) is 4.09. The second-order valence-electron chi connectivity index (χ2n) is 5.39. The Hall–Kier alpha value is -1.78. The van der Waals surface area contributed by atoms with Crippen LogP contribution in [0.15, 0.2) is 48.7 Å². The molecule has 21 heavy (non-hydrogen) atoms. The number of pyridine rings is 1. The molecule has 3 rings (SSSR count). The van der Waals surface area contributed by atoms with Gasteiger partial charge in [-0.2, -0.15) is 4.39 Å². The third kappa shape index (κ3) is 2.96. The van der Waals surface area contributed by atoms with E-state index in [0.717, 1.165) is 24.0 Å². The molecule has 0 radical (unpaired) electrons. The molecule has 0 bridgehead atoms. The van der Waals surface area contributed by atoms with Gasteiger partial charge in [-0.25, -0.2) is 4.98 Å². The zero-order valence-electron chi connectivity index (χ0n) is 12.0. The third-order valence-corrected chi connectivity index (χ3v) is 4.09. The van der Waals surface area contributed by atoms with Gasteiger partial charge in [0.25, 0.3) is 0 Å². The first-order valence-corrected chi connectivity index (χ1v) is 7.04. The molecule has 0 saturated heterocycles. The molecule has 1 aromatic heterocycles. The van der Waals surface area contributed by atoms with Gasteiger partial charge in [-0.1, -0.05) is 30.3 Å². The Morgan fingerprint density at radius 3 is 2.67 bits per heavy atom. The highest BCUT2D eigenvalue weighted by atomic mass is 19.1. The lowest BCUT2D eigenvalue weighted by Gasteiger charge is -2.46. The van der Waals surface area contributed by atoms with Crippen LogP contribution in [-0.2, 0) is 21.7 Å².